The van der Waals surface area contributed by atoms with Crippen LogP contribution in [0.25, 0.3) is 5.57 Å². The van der Waals surface area contributed by atoms with Gasteiger partial charge in [-0.1, -0.05) is 25.9 Å². The van der Waals surface area contributed by atoms with Crippen molar-refractivity contribution in [1.29, 1.82) is 0 Å². The van der Waals surface area contributed by atoms with Crippen LogP contribution in [-0.2, 0) is 6.42 Å². The summed E-state index contributed by atoms with van der Waals surface area (Å²) in [5.74, 6) is 0.259. The van der Waals surface area contributed by atoms with Gasteiger partial charge in [0.2, 0.25) is 0 Å². The van der Waals surface area contributed by atoms with Gasteiger partial charge in [0.15, 0.2) is 0 Å². The van der Waals surface area contributed by atoms with Gasteiger partial charge in [0, 0.05) is 0 Å². The Hall–Kier alpha value is -1.09. The zero-order chi connectivity index (χ0) is 12.4. The van der Waals surface area contributed by atoms with Crippen LogP contribution in [-0.4, -0.2) is 11.9 Å². The van der Waals surface area contributed by atoms with E-state index in [0.29, 0.717) is 5.92 Å². The van der Waals surface area contributed by atoms with E-state index in [1.807, 2.05) is 12.9 Å². The summed E-state index contributed by atoms with van der Waals surface area (Å²) in [6.45, 7) is 3.68. The predicted molar refractivity (Wildman–Crippen MR) is 70.5 cm³/mol. The van der Waals surface area contributed by atoms with Gasteiger partial charge in [0.1, 0.15) is 5.82 Å². The number of rotatable bonds is 4. The zero-order valence-electron chi connectivity index (χ0n) is 10.4. The second kappa shape index (κ2) is 5.05. The van der Waals surface area contributed by atoms with Crippen LogP contribution in [0.5, 0.6) is 0 Å². The maximum Gasteiger partial charge on any atom is 0.286 e. The molecule has 0 saturated carbocycles. The Morgan fingerprint density at radius 2 is 2.24 bits per heavy atom. The molecule has 0 aliphatic heterocycles. The van der Waals surface area contributed by atoms with Crippen molar-refractivity contribution >= 4 is 12.5 Å². The van der Waals surface area contributed by atoms with E-state index in [2.05, 4.69) is 13.0 Å². The van der Waals surface area contributed by atoms with Crippen LogP contribution in [0.2, 0.25) is 13.1 Å². The quantitative estimate of drug-likeness (QED) is 0.788. The molecule has 0 fully saturated rings. The van der Waals surface area contributed by atoms with Crippen molar-refractivity contribution in [3.05, 3.63) is 41.2 Å². The molecular weight excluding hydrogens is 214 g/mol. The zero-order valence-corrected chi connectivity index (χ0v) is 10.4. The topological polar surface area (TPSA) is 20.2 Å². The number of hydrogen-bond donors (Lipinski definition) is 1. The van der Waals surface area contributed by atoms with E-state index in [9.17, 15) is 9.41 Å². The minimum absolute atomic E-state index is 0.167. The molecule has 1 aliphatic rings. The molecule has 1 aromatic rings. The second-order valence-electron chi connectivity index (χ2n) is 5.13. The van der Waals surface area contributed by atoms with E-state index in [-0.39, 0.29) is 12.7 Å². The van der Waals surface area contributed by atoms with Gasteiger partial charge in [-0.2, -0.15) is 0 Å². The van der Waals surface area contributed by atoms with Gasteiger partial charge in [-0.05, 0) is 53.9 Å². The molecule has 3 heteroatoms. The summed E-state index contributed by atoms with van der Waals surface area (Å²) in [4.78, 5) is 0. The van der Waals surface area contributed by atoms with E-state index < -0.39 is 0 Å². The minimum atomic E-state index is -0.265. The third kappa shape index (κ3) is 2.98. The largest absolute Gasteiger partial charge is 0.451 e. The van der Waals surface area contributed by atoms with E-state index >= 15 is 0 Å². The smallest absolute Gasteiger partial charge is 0.286 e. The third-order valence-corrected chi connectivity index (χ3v) is 3.30. The fourth-order valence-corrected chi connectivity index (χ4v) is 2.60. The van der Waals surface area contributed by atoms with Crippen molar-refractivity contribution in [2.75, 3.05) is 0 Å². The molecule has 1 aliphatic carbocycles. The lowest BCUT2D eigenvalue weighted by Crippen LogP contribution is -2.10. The molecule has 1 nitrogen and oxygen atoms in total. The highest BCUT2D eigenvalue weighted by Crippen LogP contribution is 2.33. The highest BCUT2D eigenvalue weighted by atomic mass is 19.1. The molecule has 0 spiro atoms. The summed E-state index contributed by atoms with van der Waals surface area (Å²) in [5.41, 5.74) is 3.50. The van der Waals surface area contributed by atoms with E-state index in [0.717, 1.165) is 24.7 Å². The molecule has 17 heavy (non-hydrogen) atoms. The highest BCUT2D eigenvalue weighted by molar-refractivity contribution is 6.48. The molecule has 90 valence electrons. The fourth-order valence-electron chi connectivity index (χ4n) is 2.60. The standard InChI is InChI=1S/C14H18BFO/c1-10(9-15(2)17)7-12-4-3-11-5-6-13(16)8-14(11)12/h4-6,8,10,17H,3,7,9H2,1-2H3/t10-/m1/s1. The SMILES string of the molecule is CB(O)C[C@H](C)CC1=CCc2ccc(F)cc21. The molecule has 0 heterocycles. The normalized spacial score (nSPS) is 15.4. The van der Waals surface area contributed by atoms with Crippen molar-refractivity contribution in [3.8, 4) is 0 Å². The van der Waals surface area contributed by atoms with Gasteiger partial charge in [0.05, 0.1) is 0 Å². The van der Waals surface area contributed by atoms with Gasteiger partial charge in [-0.3, -0.25) is 0 Å². The maximum atomic E-state index is 13.2. The van der Waals surface area contributed by atoms with Crippen molar-refractivity contribution in [2.24, 2.45) is 5.92 Å². The molecule has 0 unspecified atom stereocenters. The Balaban J connectivity index is 2.08. The molecule has 0 saturated heterocycles. The molecule has 2 rings (SSSR count). The first-order chi connectivity index (χ1) is 8.06. The highest BCUT2D eigenvalue weighted by Gasteiger charge is 2.18. The van der Waals surface area contributed by atoms with Gasteiger partial charge >= 0.3 is 0 Å². The summed E-state index contributed by atoms with van der Waals surface area (Å²) in [5, 5.41) is 9.36. The molecule has 0 aromatic heterocycles. The molecule has 0 radical (unpaired) electrons. The molecule has 0 bridgehead atoms. The number of allylic oxidation sites excluding steroid dienone is 2. The van der Waals surface area contributed by atoms with Crippen LogP contribution in [0.15, 0.2) is 24.3 Å². The van der Waals surface area contributed by atoms with Crippen LogP contribution in [0.3, 0.4) is 0 Å². The molecular formula is C14H18BFO. The maximum absolute atomic E-state index is 13.2. The number of benzene rings is 1. The van der Waals surface area contributed by atoms with Crippen molar-refractivity contribution in [2.45, 2.75) is 32.9 Å². The van der Waals surface area contributed by atoms with E-state index in [1.165, 1.54) is 17.2 Å². The number of fused-ring (bicyclic) bond motifs is 1. The average Bonchev–Trinajstić information content (AvgIpc) is 2.60. The van der Waals surface area contributed by atoms with Gasteiger partial charge in [0.25, 0.3) is 6.92 Å². The molecule has 1 atom stereocenters. The van der Waals surface area contributed by atoms with E-state index in [4.69, 9.17) is 0 Å². The predicted octanol–water partition coefficient (Wildman–Crippen LogP) is 3.41. The molecule has 1 aromatic carbocycles. The first-order valence-corrected chi connectivity index (χ1v) is 6.22. The Labute approximate surface area is 102 Å². The second-order valence-corrected chi connectivity index (χ2v) is 5.13. The summed E-state index contributed by atoms with van der Waals surface area (Å²) >= 11 is 0. The number of halogens is 1. The Bertz CT molecular complexity index is 440. The Kier molecular flexibility index (Phi) is 3.68. The summed E-state index contributed by atoms with van der Waals surface area (Å²) in [6.07, 6.45) is 4.80. The van der Waals surface area contributed by atoms with Crippen LogP contribution < -0.4 is 0 Å². The van der Waals surface area contributed by atoms with Crippen LogP contribution in [0, 0.1) is 11.7 Å². The third-order valence-electron chi connectivity index (χ3n) is 3.30. The van der Waals surface area contributed by atoms with Gasteiger partial charge in [-0.25, -0.2) is 4.39 Å². The average molecular weight is 232 g/mol. The monoisotopic (exact) mass is 232 g/mol. The summed E-state index contributed by atoms with van der Waals surface area (Å²) in [7, 11) is 0. The van der Waals surface area contributed by atoms with Crippen molar-refractivity contribution < 1.29 is 9.41 Å². The fraction of sp³-hybridized carbons (Fsp3) is 0.429. The van der Waals surface area contributed by atoms with Crippen LogP contribution >= 0.6 is 0 Å². The van der Waals surface area contributed by atoms with Crippen molar-refractivity contribution in [1.82, 2.24) is 0 Å². The summed E-state index contributed by atoms with van der Waals surface area (Å²) < 4.78 is 13.2. The lowest BCUT2D eigenvalue weighted by molar-refractivity contribution is 0.545. The van der Waals surface area contributed by atoms with Crippen LogP contribution in [0.1, 0.15) is 24.5 Å². The van der Waals surface area contributed by atoms with Crippen LogP contribution in [0.4, 0.5) is 4.39 Å². The first-order valence-electron chi connectivity index (χ1n) is 6.22. The van der Waals surface area contributed by atoms with Crippen molar-refractivity contribution in [3.63, 3.8) is 0 Å². The minimum Gasteiger partial charge on any atom is -0.451 e. The Morgan fingerprint density at radius 1 is 1.47 bits per heavy atom. The lowest BCUT2D eigenvalue weighted by atomic mass is 9.63. The number of hydrogen-bond acceptors (Lipinski definition) is 1. The van der Waals surface area contributed by atoms with E-state index in [1.54, 1.807) is 6.07 Å². The van der Waals surface area contributed by atoms with Gasteiger partial charge < -0.3 is 5.02 Å². The molecule has 1 N–H and O–H groups in total. The molecule has 0 amide bonds. The lowest BCUT2D eigenvalue weighted by Gasteiger charge is -2.13. The summed E-state index contributed by atoms with van der Waals surface area (Å²) in [6, 6.07) is 5.02. The Morgan fingerprint density at radius 3 is 2.94 bits per heavy atom. The first kappa shape index (κ1) is 12.4. The van der Waals surface area contributed by atoms with Gasteiger partial charge in [-0.15, -0.1) is 0 Å².